The molecule has 0 radical (unpaired) electrons. The molecule has 1 amide bonds. The Morgan fingerprint density at radius 1 is 1.07 bits per heavy atom. The minimum Gasteiger partial charge on any atom is -0.399 e. The largest absolute Gasteiger partial charge is 0.494 e. The van der Waals surface area contributed by atoms with Crippen molar-refractivity contribution in [1.82, 2.24) is 14.5 Å². The first-order chi connectivity index (χ1) is 13.6. The molecule has 3 atom stereocenters. The Kier molecular flexibility index (Phi) is 3.89. The molecule has 3 saturated heterocycles. The topological polar surface area (TPSA) is 87.0 Å². The fraction of sp³-hybridized carbons (Fsp3) is 0.600. The lowest BCUT2D eigenvalue weighted by Crippen LogP contribution is -2.41. The summed E-state index contributed by atoms with van der Waals surface area (Å²) in [5.41, 5.74) is 1.25. The lowest BCUT2D eigenvalue weighted by Gasteiger charge is -2.32. The van der Waals surface area contributed by atoms with Crippen LogP contribution in [0.15, 0.2) is 23.0 Å². The molecule has 9 heteroatoms. The van der Waals surface area contributed by atoms with E-state index in [0.717, 1.165) is 22.9 Å². The number of rotatable bonds is 2. The number of fused-ring (bicyclic) bond motifs is 2. The highest BCUT2D eigenvalue weighted by atomic mass is 16.7. The number of hydrogen-bond acceptors (Lipinski definition) is 5. The van der Waals surface area contributed by atoms with E-state index in [2.05, 4.69) is 5.32 Å². The number of carbonyl (C=O) groups excluding carboxylic acids is 1. The van der Waals surface area contributed by atoms with Gasteiger partial charge in [0.1, 0.15) is 12.1 Å². The van der Waals surface area contributed by atoms with E-state index in [-0.39, 0.29) is 23.9 Å². The zero-order valence-electron chi connectivity index (χ0n) is 17.4. The smallest absolute Gasteiger partial charge is 0.399 e. The van der Waals surface area contributed by atoms with Crippen LogP contribution in [0.3, 0.4) is 0 Å². The van der Waals surface area contributed by atoms with Crippen LogP contribution in [0.25, 0.3) is 11.0 Å². The molecule has 0 aliphatic carbocycles. The SMILES string of the molecule is Cn1c(=O)n(C2CCC3OC3NC2=O)c2ccc(B3OC(C)(C)C(C)(C)O3)cc21. The molecule has 0 bridgehead atoms. The van der Waals surface area contributed by atoms with Crippen LogP contribution in [0.2, 0.25) is 0 Å². The van der Waals surface area contributed by atoms with Crippen LogP contribution < -0.4 is 16.5 Å². The molecule has 0 saturated carbocycles. The highest BCUT2D eigenvalue weighted by Gasteiger charge is 2.52. The average Bonchev–Trinajstić information content (AvgIpc) is 3.30. The second-order valence-electron chi connectivity index (χ2n) is 9.24. The second-order valence-corrected chi connectivity index (χ2v) is 9.24. The van der Waals surface area contributed by atoms with Gasteiger partial charge in [-0.2, -0.15) is 0 Å². The van der Waals surface area contributed by atoms with Crippen molar-refractivity contribution in [1.29, 1.82) is 0 Å². The maximum Gasteiger partial charge on any atom is 0.494 e. The van der Waals surface area contributed by atoms with Gasteiger partial charge in [-0.15, -0.1) is 0 Å². The molecule has 8 nitrogen and oxygen atoms in total. The fourth-order valence-electron chi connectivity index (χ4n) is 4.23. The molecule has 3 aliphatic heterocycles. The number of aromatic nitrogens is 2. The number of epoxide rings is 1. The van der Waals surface area contributed by atoms with Crippen molar-refractivity contribution in [2.24, 2.45) is 7.05 Å². The zero-order chi connectivity index (χ0) is 20.7. The number of amides is 1. The summed E-state index contributed by atoms with van der Waals surface area (Å²) in [6, 6.07) is 5.18. The van der Waals surface area contributed by atoms with Crippen molar-refractivity contribution >= 4 is 29.5 Å². The fourth-order valence-corrected chi connectivity index (χ4v) is 4.23. The normalized spacial score (nSPS) is 30.2. The van der Waals surface area contributed by atoms with Gasteiger partial charge in [-0.25, -0.2) is 4.79 Å². The van der Waals surface area contributed by atoms with Crippen molar-refractivity contribution in [3.63, 3.8) is 0 Å². The van der Waals surface area contributed by atoms with Crippen LogP contribution >= 0.6 is 0 Å². The third-order valence-electron chi connectivity index (χ3n) is 6.84. The minimum absolute atomic E-state index is 0.0737. The molecule has 3 unspecified atom stereocenters. The van der Waals surface area contributed by atoms with E-state index >= 15 is 0 Å². The highest BCUT2D eigenvalue weighted by molar-refractivity contribution is 6.62. The van der Waals surface area contributed by atoms with Gasteiger partial charge in [-0.3, -0.25) is 13.9 Å². The second kappa shape index (κ2) is 5.96. The zero-order valence-corrected chi connectivity index (χ0v) is 17.4. The third kappa shape index (κ3) is 2.79. The van der Waals surface area contributed by atoms with E-state index in [4.69, 9.17) is 14.0 Å². The lowest BCUT2D eigenvalue weighted by atomic mass is 9.79. The Labute approximate surface area is 169 Å². The summed E-state index contributed by atoms with van der Waals surface area (Å²) in [6.07, 6.45) is 1.20. The number of nitrogens with zero attached hydrogens (tertiary/aromatic N) is 2. The number of nitrogens with one attached hydrogen (secondary N) is 1. The van der Waals surface area contributed by atoms with Crippen LogP contribution in [0.4, 0.5) is 0 Å². The highest BCUT2D eigenvalue weighted by Crippen LogP contribution is 2.37. The van der Waals surface area contributed by atoms with Crippen LogP contribution in [-0.2, 0) is 25.9 Å². The summed E-state index contributed by atoms with van der Waals surface area (Å²) < 4.78 is 20.9. The van der Waals surface area contributed by atoms with Crippen LogP contribution in [0, 0.1) is 0 Å². The molecule has 5 rings (SSSR count). The van der Waals surface area contributed by atoms with E-state index in [0.29, 0.717) is 6.42 Å². The Hall–Kier alpha value is -2.10. The average molecular weight is 399 g/mol. The Morgan fingerprint density at radius 3 is 2.45 bits per heavy atom. The lowest BCUT2D eigenvalue weighted by molar-refractivity contribution is -0.125. The van der Waals surface area contributed by atoms with E-state index in [9.17, 15) is 9.59 Å². The maximum absolute atomic E-state index is 13.0. The van der Waals surface area contributed by atoms with E-state index in [1.54, 1.807) is 16.2 Å². The monoisotopic (exact) mass is 399 g/mol. The minimum atomic E-state index is -0.537. The summed E-state index contributed by atoms with van der Waals surface area (Å²) in [7, 11) is 1.22. The van der Waals surface area contributed by atoms with E-state index in [1.165, 1.54) is 0 Å². The molecular weight excluding hydrogens is 373 g/mol. The first-order valence-corrected chi connectivity index (χ1v) is 10.1. The molecule has 0 spiro atoms. The number of benzene rings is 1. The van der Waals surface area contributed by atoms with Gasteiger partial charge in [0.25, 0.3) is 0 Å². The molecule has 1 aromatic heterocycles. The first-order valence-electron chi connectivity index (χ1n) is 10.1. The van der Waals surface area contributed by atoms with Gasteiger partial charge >= 0.3 is 12.8 Å². The van der Waals surface area contributed by atoms with E-state index < -0.39 is 24.4 Å². The molecule has 3 fully saturated rings. The van der Waals surface area contributed by atoms with Crippen molar-refractivity contribution < 1.29 is 18.8 Å². The number of hydrogen-bond donors (Lipinski definition) is 1. The molecule has 2 aromatic rings. The third-order valence-corrected chi connectivity index (χ3v) is 6.84. The molecular formula is C20H26BN3O5. The summed E-state index contributed by atoms with van der Waals surface area (Å²) in [6.45, 7) is 8.04. The van der Waals surface area contributed by atoms with Crippen molar-refractivity contribution in [2.75, 3.05) is 0 Å². The van der Waals surface area contributed by atoms with Crippen LogP contribution in [-0.4, -0.2) is 45.7 Å². The van der Waals surface area contributed by atoms with Crippen molar-refractivity contribution in [3.05, 3.63) is 28.7 Å². The van der Waals surface area contributed by atoms with Gasteiger partial charge in [0.15, 0.2) is 6.23 Å². The summed E-state index contributed by atoms with van der Waals surface area (Å²) in [4.78, 5) is 25.7. The van der Waals surface area contributed by atoms with E-state index in [1.807, 2.05) is 45.9 Å². The van der Waals surface area contributed by atoms with Gasteiger partial charge in [-0.1, -0.05) is 6.07 Å². The number of imidazole rings is 1. The predicted octanol–water partition coefficient (Wildman–Crippen LogP) is 0.815. The molecule has 4 heterocycles. The van der Waals surface area contributed by atoms with Gasteiger partial charge in [0.2, 0.25) is 5.91 Å². The predicted molar refractivity (Wildman–Crippen MR) is 108 cm³/mol. The molecule has 3 aliphatic rings. The van der Waals surface area contributed by atoms with Crippen molar-refractivity contribution in [3.8, 4) is 0 Å². The molecule has 29 heavy (non-hydrogen) atoms. The van der Waals surface area contributed by atoms with Gasteiger partial charge in [0, 0.05) is 7.05 Å². The summed E-state index contributed by atoms with van der Waals surface area (Å²) in [5, 5.41) is 2.87. The molecule has 1 N–H and O–H groups in total. The molecule has 154 valence electrons. The first kappa shape index (κ1) is 18.9. The number of aryl methyl sites for hydroxylation is 1. The van der Waals surface area contributed by atoms with Crippen molar-refractivity contribution in [2.45, 2.75) is 70.1 Å². The quantitative estimate of drug-likeness (QED) is 0.597. The van der Waals surface area contributed by atoms with Crippen LogP contribution in [0.5, 0.6) is 0 Å². The summed E-state index contributed by atoms with van der Waals surface area (Å²) in [5.74, 6) is -0.167. The Morgan fingerprint density at radius 2 is 1.76 bits per heavy atom. The molecule has 1 aromatic carbocycles. The number of carbonyl (C=O) groups is 1. The number of ether oxygens (including phenoxy) is 1. The summed E-state index contributed by atoms with van der Waals surface area (Å²) >= 11 is 0. The van der Waals surface area contributed by atoms with Gasteiger partial charge < -0.3 is 19.4 Å². The van der Waals surface area contributed by atoms with Crippen LogP contribution in [0.1, 0.15) is 46.6 Å². The Balaban J connectivity index is 1.54. The van der Waals surface area contributed by atoms with Gasteiger partial charge in [0.05, 0.1) is 22.2 Å². The standard InChI is InChI=1S/C20H26BN3O5/c1-19(2)20(3,4)29-21(28-19)11-6-7-12-14(10-11)23(5)18(26)24(12)13-8-9-15-17(27-15)22-16(13)25/h6-7,10,13,15,17H,8-9H2,1-5H3,(H,22,25). The Bertz CT molecular complexity index is 1060. The maximum atomic E-state index is 13.0. The van der Waals surface area contributed by atoms with Gasteiger partial charge in [-0.05, 0) is 58.1 Å².